The van der Waals surface area contributed by atoms with E-state index in [4.69, 9.17) is 0 Å². The van der Waals surface area contributed by atoms with Gasteiger partial charge < -0.3 is 0 Å². The van der Waals surface area contributed by atoms with E-state index in [2.05, 4.69) is 0 Å². The van der Waals surface area contributed by atoms with Crippen molar-refractivity contribution in [2.45, 2.75) is 63.7 Å². The fourth-order valence-corrected chi connectivity index (χ4v) is 6.63. The van der Waals surface area contributed by atoms with Gasteiger partial charge in [-0.2, -0.15) is 13.2 Å². The Balaban J connectivity index is 1.51. The van der Waals surface area contributed by atoms with Gasteiger partial charge in [-0.05, 0) is 81.8 Å². The molecule has 5 fully saturated rings. The van der Waals surface area contributed by atoms with E-state index in [1.54, 1.807) is 13.8 Å². The smallest absolute Gasteiger partial charge is 0.270 e. The number of amides is 2. The van der Waals surface area contributed by atoms with Crippen LogP contribution in [0.2, 0.25) is 0 Å². The van der Waals surface area contributed by atoms with E-state index in [1.807, 2.05) is 0 Å². The van der Waals surface area contributed by atoms with Gasteiger partial charge in [0.1, 0.15) is 5.54 Å². The van der Waals surface area contributed by atoms with Crippen molar-refractivity contribution in [1.82, 2.24) is 10.0 Å². The molecular weight excluding hydrogens is 381 g/mol. The third-order valence-corrected chi connectivity index (χ3v) is 7.59. The second-order valence-electron chi connectivity index (χ2n) is 9.79. The molecule has 1 aromatic carbocycles. The minimum atomic E-state index is -4.63. The maximum absolute atomic E-state index is 13.5. The highest BCUT2D eigenvalue weighted by atomic mass is 19.4. The number of nitrogens with zero attached hydrogens (tertiary/aromatic N) is 2. The number of hydrogen-bond donors (Lipinski definition) is 0. The van der Waals surface area contributed by atoms with Crippen LogP contribution in [0.25, 0.3) is 0 Å². The first kappa shape index (κ1) is 18.9. The van der Waals surface area contributed by atoms with Crippen LogP contribution in [0, 0.1) is 23.7 Å². The van der Waals surface area contributed by atoms with E-state index < -0.39 is 28.7 Å². The average Bonchev–Trinajstić information content (AvgIpc) is 2.64. The number of hydrogen-bond acceptors (Lipinski definition) is 2. The summed E-state index contributed by atoms with van der Waals surface area (Å²) in [7, 11) is 0. The lowest BCUT2D eigenvalue weighted by atomic mass is 9.53. The SMILES string of the molecule is CC1(C)C(=O)N(C2C3CC4CC(C3)CC2C4)N1C(=O)c1ccccc1C(F)(F)F. The predicted molar refractivity (Wildman–Crippen MR) is 99.4 cm³/mol. The lowest BCUT2D eigenvalue weighted by Crippen LogP contribution is -2.80. The summed E-state index contributed by atoms with van der Waals surface area (Å²) < 4.78 is 40.5. The summed E-state index contributed by atoms with van der Waals surface area (Å²) in [5, 5.41) is 2.84. The summed E-state index contributed by atoms with van der Waals surface area (Å²) in [6.45, 7) is 3.24. The second kappa shape index (κ2) is 5.99. The lowest BCUT2D eigenvalue weighted by molar-refractivity contribution is -0.230. The first-order valence-electron chi connectivity index (χ1n) is 10.4. The zero-order chi connectivity index (χ0) is 20.7. The van der Waals surface area contributed by atoms with Crippen LogP contribution in [0.1, 0.15) is 61.9 Å². The second-order valence-corrected chi connectivity index (χ2v) is 9.79. The van der Waals surface area contributed by atoms with Gasteiger partial charge in [0.05, 0.1) is 17.2 Å². The fraction of sp³-hybridized carbons (Fsp3) is 0.636. The molecule has 1 saturated heterocycles. The van der Waals surface area contributed by atoms with Crippen LogP contribution in [-0.2, 0) is 11.0 Å². The summed E-state index contributed by atoms with van der Waals surface area (Å²) in [6, 6.07) is 4.78. The number of hydrazine groups is 1. The lowest BCUT2D eigenvalue weighted by Gasteiger charge is -2.65. The van der Waals surface area contributed by atoms with E-state index in [9.17, 15) is 22.8 Å². The highest BCUT2D eigenvalue weighted by molar-refractivity contribution is 6.05. The Bertz CT molecular complexity index is 851. The first-order valence-corrected chi connectivity index (χ1v) is 10.4. The molecule has 1 aliphatic heterocycles. The van der Waals surface area contributed by atoms with E-state index in [1.165, 1.54) is 34.6 Å². The van der Waals surface area contributed by atoms with E-state index in [0.29, 0.717) is 23.7 Å². The van der Waals surface area contributed by atoms with Crippen molar-refractivity contribution in [2.75, 3.05) is 0 Å². The van der Waals surface area contributed by atoms with Crippen molar-refractivity contribution in [3.05, 3.63) is 35.4 Å². The fourth-order valence-electron chi connectivity index (χ4n) is 6.63. The van der Waals surface area contributed by atoms with Crippen LogP contribution < -0.4 is 0 Å². The molecule has 1 aromatic rings. The van der Waals surface area contributed by atoms with Gasteiger partial charge in [-0.1, -0.05) is 12.1 Å². The molecule has 0 radical (unpaired) electrons. The van der Waals surface area contributed by atoms with Crippen molar-refractivity contribution in [3.8, 4) is 0 Å². The molecule has 4 saturated carbocycles. The van der Waals surface area contributed by atoms with Crippen LogP contribution in [0.4, 0.5) is 13.2 Å². The molecule has 0 aromatic heterocycles. The standard InChI is InChI=1S/C22H25F3N2O2/c1-21(2)20(29)26(18-14-8-12-7-13(10-14)11-15(18)9-12)27(21)19(28)16-5-3-4-6-17(16)22(23,24)25/h3-6,12-15,18H,7-11H2,1-2H3. The molecule has 0 unspecified atom stereocenters. The van der Waals surface area contributed by atoms with Crippen LogP contribution in [0.3, 0.4) is 0 Å². The minimum absolute atomic E-state index is 0.0645. The van der Waals surface area contributed by atoms with Gasteiger partial charge in [0, 0.05) is 0 Å². The first-order chi connectivity index (χ1) is 13.6. The van der Waals surface area contributed by atoms with Gasteiger partial charge in [0.25, 0.3) is 11.8 Å². The van der Waals surface area contributed by atoms with Gasteiger partial charge in [-0.15, -0.1) is 0 Å². The minimum Gasteiger partial charge on any atom is -0.270 e. The van der Waals surface area contributed by atoms with Crippen molar-refractivity contribution >= 4 is 11.8 Å². The van der Waals surface area contributed by atoms with E-state index in [-0.39, 0.29) is 11.9 Å². The normalized spacial score (nSPS) is 35.1. The Hall–Kier alpha value is -2.05. The van der Waals surface area contributed by atoms with Crippen molar-refractivity contribution in [2.24, 2.45) is 23.7 Å². The van der Waals surface area contributed by atoms with Crippen molar-refractivity contribution < 1.29 is 22.8 Å². The molecule has 4 bridgehead atoms. The topological polar surface area (TPSA) is 40.6 Å². The Kier molecular flexibility index (Phi) is 3.91. The molecule has 5 aliphatic rings. The van der Waals surface area contributed by atoms with E-state index in [0.717, 1.165) is 31.7 Å². The van der Waals surface area contributed by atoms with Crippen LogP contribution in [-0.4, -0.2) is 33.4 Å². The maximum atomic E-state index is 13.5. The monoisotopic (exact) mass is 406 g/mol. The van der Waals surface area contributed by atoms with Crippen LogP contribution >= 0.6 is 0 Å². The molecular formula is C22H25F3N2O2. The predicted octanol–water partition coefficient (Wildman–Crippen LogP) is 4.51. The molecule has 4 aliphatic carbocycles. The zero-order valence-electron chi connectivity index (χ0n) is 16.6. The molecule has 0 spiro atoms. The third-order valence-electron chi connectivity index (χ3n) is 7.59. The Morgan fingerprint density at radius 3 is 2.10 bits per heavy atom. The molecule has 0 atom stereocenters. The highest BCUT2D eigenvalue weighted by Gasteiger charge is 2.63. The quantitative estimate of drug-likeness (QED) is 0.725. The van der Waals surface area contributed by atoms with E-state index >= 15 is 0 Å². The summed E-state index contributed by atoms with van der Waals surface area (Å²) in [5.41, 5.74) is -2.48. The summed E-state index contributed by atoms with van der Waals surface area (Å²) in [5.74, 6) is 1.20. The number of benzene rings is 1. The highest BCUT2D eigenvalue weighted by Crippen LogP contribution is 2.57. The van der Waals surface area contributed by atoms with Gasteiger partial charge in [0.15, 0.2) is 0 Å². The molecule has 156 valence electrons. The Morgan fingerprint density at radius 2 is 1.55 bits per heavy atom. The Morgan fingerprint density at radius 1 is 1.00 bits per heavy atom. The molecule has 2 amide bonds. The number of rotatable bonds is 2. The van der Waals surface area contributed by atoms with Gasteiger partial charge in [-0.25, -0.2) is 10.0 Å². The molecule has 1 heterocycles. The molecule has 29 heavy (non-hydrogen) atoms. The van der Waals surface area contributed by atoms with Crippen LogP contribution in [0.15, 0.2) is 24.3 Å². The number of carbonyl (C=O) groups is 2. The Labute approximate surface area is 168 Å². The van der Waals surface area contributed by atoms with Crippen LogP contribution in [0.5, 0.6) is 0 Å². The largest absolute Gasteiger partial charge is 0.417 e. The number of alkyl halides is 3. The summed E-state index contributed by atoms with van der Waals surface area (Å²) in [6.07, 6.45) is 0.873. The van der Waals surface area contributed by atoms with Gasteiger partial charge in [-0.3, -0.25) is 9.59 Å². The van der Waals surface area contributed by atoms with Crippen molar-refractivity contribution in [3.63, 3.8) is 0 Å². The third kappa shape index (κ3) is 2.65. The maximum Gasteiger partial charge on any atom is 0.417 e. The molecule has 0 N–H and O–H groups in total. The molecule has 4 nitrogen and oxygen atoms in total. The number of halogens is 3. The average molecular weight is 406 g/mol. The molecule has 7 heteroatoms. The van der Waals surface area contributed by atoms with Crippen molar-refractivity contribution in [1.29, 1.82) is 0 Å². The van der Waals surface area contributed by atoms with Gasteiger partial charge in [0.2, 0.25) is 0 Å². The molecule has 6 rings (SSSR count). The summed E-state index contributed by atoms with van der Waals surface area (Å²) >= 11 is 0. The zero-order valence-corrected chi connectivity index (χ0v) is 16.6. The number of carbonyl (C=O) groups excluding carboxylic acids is 2. The van der Waals surface area contributed by atoms with Gasteiger partial charge >= 0.3 is 6.18 Å². The summed E-state index contributed by atoms with van der Waals surface area (Å²) in [4.78, 5) is 26.4.